The highest BCUT2D eigenvalue weighted by molar-refractivity contribution is 5.77. The Hall–Kier alpha value is -3.55. The number of H-pyrrole nitrogens is 1. The van der Waals surface area contributed by atoms with Gasteiger partial charge < -0.3 is 0 Å². The minimum Gasteiger partial charge on any atom is -0.296 e. The van der Waals surface area contributed by atoms with Gasteiger partial charge in [0.25, 0.3) is 0 Å². The minimum absolute atomic E-state index is 0.139. The highest BCUT2D eigenvalue weighted by atomic mass is 16.1. The predicted octanol–water partition coefficient (Wildman–Crippen LogP) is 5.17. The number of imidazole rings is 1. The Labute approximate surface area is 211 Å². The van der Waals surface area contributed by atoms with Crippen molar-refractivity contribution in [3.05, 3.63) is 70.0 Å². The van der Waals surface area contributed by atoms with E-state index in [1.54, 1.807) is 6.20 Å². The number of pyridine rings is 1. The van der Waals surface area contributed by atoms with Gasteiger partial charge in [-0.25, -0.2) is 4.79 Å². The number of tetrazole rings is 1. The van der Waals surface area contributed by atoms with Gasteiger partial charge >= 0.3 is 5.69 Å². The fourth-order valence-corrected chi connectivity index (χ4v) is 5.47. The van der Waals surface area contributed by atoms with Crippen molar-refractivity contribution in [3.63, 3.8) is 0 Å². The third kappa shape index (κ3) is 5.03. The first kappa shape index (κ1) is 24.2. The Morgan fingerprint density at radius 3 is 2.58 bits per heavy atom. The highest BCUT2D eigenvalue weighted by Gasteiger charge is 2.21. The molecule has 8 nitrogen and oxygen atoms in total. The molecule has 5 rings (SSSR count). The maximum absolute atomic E-state index is 13.6. The van der Waals surface area contributed by atoms with Gasteiger partial charge in [-0.1, -0.05) is 62.9 Å². The van der Waals surface area contributed by atoms with Crippen LogP contribution in [-0.4, -0.2) is 34.7 Å². The van der Waals surface area contributed by atoms with E-state index >= 15 is 0 Å². The first-order valence-corrected chi connectivity index (χ1v) is 13.2. The number of hydrogen-bond donors (Lipinski definition) is 1. The van der Waals surface area contributed by atoms with Gasteiger partial charge in [0.15, 0.2) is 0 Å². The molecule has 4 aromatic rings. The van der Waals surface area contributed by atoms with E-state index in [0.29, 0.717) is 24.0 Å². The molecule has 0 radical (unpaired) electrons. The third-order valence-corrected chi connectivity index (χ3v) is 7.51. The van der Waals surface area contributed by atoms with Crippen LogP contribution in [0.3, 0.4) is 0 Å². The fraction of sp³-hybridized carbons (Fsp3) is 0.464. The summed E-state index contributed by atoms with van der Waals surface area (Å²) in [6.45, 7) is 5.78. The zero-order chi connectivity index (χ0) is 24.9. The second-order valence-corrected chi connectivity index (χ2v) is 9.95. The molecule has 8 heteroatoms. The molecule has 0 bridgehead atoms. The Balaban J connectivity index is 1.42. The number of aromatic nitrogens is 7. The van der Waals surface area contributed by atoms with Crippen LogP contribution in [0.15, 0.2) is 47.4 Å². The first-order valence-electron chi connectivity index (χ1n) is 13.2. The number of hydrogen-bond acceptors (Lipinski definition) is 5. The molecule has 1 aliphatic carbocycles. The summed E-state index contributed by atoms with van der Waals surface area (Å²) < 4.78 is 4.07. The van der Waals surface area contributed by atoms with E-state index in [9.17, 15) is 4.79 Å². The van der Waals surface area contributed by atoms with E-state index in [4.69, 9.17) is 0 Å². The van der Waals surface area contributed by atoms with E-state index < -0.39 is 0 Å². The van der Waals surface area contributed by atoms with Crippen molar-refractivity contribution in [2.24, 2.45) is 5.92 Å². The number of unbranched alkanes of at least 4 members (excludes halogenated alkanes) is 1. The van der Waals surface area contributed by atoms with Crippen LogP contribution in [0.4, 0.5) is 0 Å². The quantitative estimate of drug-likeness (QED) is 0.353. The number of nitrogens with zero attached hydrogens (tertiary/aromatic N) is 6. The largest absolute Gasteiger partial charge is 0.328 e. The lowest BCUT2D eigenvalue weighted by Gasteiger charge is -2.22. The van der Waals surface area contributed by atoms with Gasteiger partial charge in [0.2, 0.25) is 5.82 Å². The Morgan fingerprint density at radius 1 is 1.06 bits per heavy atom. The van der Waals surface area contributed by atoms with E-state index in [1.807, 2.05) is 16.7 Å². The van der Waals surface area contributed by atoms with Gasteiger partial charge in [-0.2, -0.15) is 5.21 Å². The van der Waals surface area contributed by atoms with Crippen LogP contribution in [0.5, 0.6) is 0 Å². The van der Waals surface area contributed by atoms with Crippen molar-refractivity contribution in [2.45, 2.75) is 78.3 Å². The summed E-state index contributed by atoms with van der Waals surface area (Å²) in [7, 11) is 0. The maximum atomic E-state index is 13.6. The molecule has 3 heterocycles. The topological polar surface area (TPSA) is 94.3 Å². The van der Waals surface area contributed by atoms with Crippen LogP contribution in [0.2, 0.25) is 0 Å². The van der Waals surface area contributed by atoms with Crippen LogP contribution < -0.4 is 5.69 Å². The Kier molecular flexibility index (Phi) is 7.39. The summed E-state index contributed by atoms with van der Waals surface area (Å²) in [5, 5.41) is 14.3. The average Bonchev–Trinajstić information content (AvgIpc) is 3.53. The molecular weight excluding hydrogens is 450 g/mol. The smallest absolute Gasteiger partial charge is 0.296 e. The molecule has 0 unspecified atom stereocenters. The summed E-state index contributed by atoms with van der Waals surface area (Å²) in [5.74, 6) is 1.09. The van der Waals surface area contributed by atoms with Crippen LogP contribution >= 0.6 is 0 Å². The molecule has 188 valence electrons. The van der Waals surface area contributed by atoms with Crippen molar-refractivity contribution in [1.29, 1.82) is 0 Å². The Bertz CT molecular complexity index is 1330. The lowest BCUT2D eigenvalue weighted by atomic mass is 9.89. The molecular formula is C28H35N7O. The third-order valence-electron chi connectivity index (χ3n) is 7.51. The van der Waals surface area contributed by atoms with Crippen LogP contribution in [0.1, 0.15) is 68.8 Å². The molecule has 1 saturated carbocycles. The second-order valence-electron chi connectivity index (χ2n) is 9.95. The average molecular weight is 486 g/mol. The van der Waals surface area contributed by atoms with E-state index in [0.717, 1.165) is 48.2 Å². The summed E-state index contributed by atoms with van der Waals surface area (Å²) >= 11 is 0. The standard InChI is InChI=1S/C28H35N7O/c1-3-4-12-25-20(2)34(18-21-9-6-5-7-10-21)28(36)35(25)19-22-13-15-23(16-14-22)24-11-8-17-29-26(24)27-30-32-33-31-27/h8,11,13-17,21H,3-7,9-10,12,18-19H2,1-2H3,(H,30,31,32,33). The summed E-state index contributed by atoms with van der Waals surface area (Å²) in [6, 6.07) is 12.3. The van der Waals surface area contributed by atoms with Gasteiger partial charge in [-0.3, -0.25) is 14.1 Å². The second kappa shape index (κ2) is 11.0. The monoisotopic (exact) mass is 485 g/mol. The lowest BCUT2D eigenvalue weighted by molar-refractivity contribution is 0.313. The lowest BCUT2D eigenvalue weighted by Crippen LogP contribution is -2.28. The van der Waals surface area contributed by atoms with Crippen molar-refractivity contribution >= 4 is 0 Å². The molecule has 3 aromatic heterocycles. The van der Waals surface area contributed by atoms with Gasteiger partial charge in [0.05, 0.1) is 6.54 Å². The van der Waals surface area contributed by atoms with Gasteiger partial charge in [-0.15, -0.1) is 10.2 Å². The molecule has 1 N–H and O–H groups in total. The zero-order valence-electron chi connectivity index (χ0n) is 21.3. The summed E-state index contributed by atoms with van der Waals surface area (Å²) in [6.07, 6.45) is 11.3. The van der Waals surface area contributed by atoms with E-state index in [1.165, 1.54) is 37.8 Å². The fourth-order valence-electron chi connectivity index (χ4n) is 5.47. The molecule has 0 saturated heterocycles. The molecule has 0 atom stereocenters. The molecule has 1 aromatic carbocycles. The summed E-state index contributed by atoms with van der Waals surface area (Å²) in [5.41, 5.74) is 6.24. The van der Waals surface area contributed by atoms with Gasteiger partial charge in [0.1, 0.15) is 5.69 Å². The van der Waals surface area contributed by atoms with Crippen LogP contribution in [0.25, 0.3) is 22.6 Å². The molecule has 1 aliphatic rings. The normalized spacial score (nSPS) is 14.4. The van der Waals surface area contributed by atoms with Crippen molar-refractivity contribution in [3.8, 4) is 22.6 Å². The molecule has 0 spiro atoms. The number of benzene rings is 1. The van der Waals surface area contributed by atoms with E-state index in [2.05, 4.69) is 68.3 Å². The van der Waals surface area contributed by atoms with Crippen LogP contribution in [0, 0.1) is 12.8 Å². The molecule has 0 aliphatic heterocycles. The van der Waals surface area contributed by atoms with Crippen LogP contribution in [-0.2, 0) is 19.5 Å². The van der Waals surface area contributed by atoms with E-state index in [-0.39, 0.29) is 5.69 Å². The minimum atomic E-state index is 0.139. The number of nitrogens with one attached hydrogen (secondary N) is 1. The SMILES string of the molecule is CCCCc1c(C)n(CC2CCCCC2)c(=O)n1Cc1ccc(-c2cccnc2-c2nn[nH]n2)cc1. The van der Waals surface area contributed by atoms with Crippen molar-refractivity contribution in [1.82, 2.24) is 34.7 Å². The molecule has 36 heavy (non-hydrogen) atoms. The number of rotatable bonds is 9. The first-order chi connectivity index (χ1) is 17.7. The zero-order valence-corrected chi connectivity index (χ0v) is 21.3. The predicted molar refractivity (Wildman–Crippen MR) is 141 cm³/mol. The van der Waals surface area contributed by atoms with Gasteiger partial charge in [-0.05, 0) is 60.9 Å². The summed E-state index contributed by atoms with van der Waals surface area (Å²) in [4.78, 5) is 18.1. The molecule has 1 fully saturated rings. The van der Waals surface area contributed by atoms with Gasteiger partial charge in [0, 0.05) is 29.7 Å². The number of aromatic amines is 1. The van der Waals surface area contributed by atoms with Crippen molar-refractivity contribution < 1.29 is 0 Å². The highest BCUT2D eigenvalue weighted by Crippen LogP contribution is 2.29. The Morgan fingerprint density at radius 2 is 1.86 bits per heavy atom. The molecule has 0 amide bonds. The maximum Gasteiger partial charge on any atom is 0.328 e. The van der Waals surface area contributed by atoms with Crippen molar-refractivity contribution in [2.75, 3.05) is 0 Å².